The van der Waals surface area contributed by atoms with Gasteiger partial charge in [0.25, 0.3) is 0 Å². The average molecular weight is 223 g/mol. The van der Waals surface area contributed by atoms with Crippen molar-refractivity contribution in [1.82, 2.24) is 0 Å². The lowest BCUT2D eigenvalue weighted by Crippen LogP contribution is -2.36. The molecule has 1 rings (SSSR count). The molecule has 0 amide bonds. The number of nitrogens with zero attached hydrogens (tertiary/aromatic N) is 1. The minimum absolute atomic E-state index is 0.209. The number of methoxy groups -OCH3 is 1. The number of ether oxygens (including phenoxy) is 1. The predicted molar refractivity (Wildman–Crippen MR) is 62.4 cm³/mol. The first-order valence-electron chi connectivity index (χ1n) is 5.30. The fourth-order valence-corrected chi connectivity index (χ4v) is 1.58. The number of para-hydroxylation sites is 1. The molecule has 0 aliphatic rings. The number of hydrogen-bond donors (Lipinski definition) is 0. The van der Waals surface area contributed by atoms with Gasteiger partial charge in [0.15, 0.2) is 0 Å². The van der Waals surface area contributed by atoms with Crippen LogP contribution in [-0.4, -0.2) is 17.6 Å². The quantitative estimate of drug-likeness (QED) is 0.569. The Balaban J connectivity index is 2.98. The summed E-state index contributed by atoms with van der Waals surface area (Å²) >= 11 is 0. The van der Waals surface area contributed by atoms with Crippen molar-refractivity contribution in [1.29, 1.82) is 0 Å². The van der Waals surface area contributed by atoms with Gasteiger partial charge in [-0.2, -0.15) is 0 Å². The van der Waals surface area contributed by atoms with Crippen molar-refractivity contribution in [3.05, 3.63) is 39.9 Å². The van der Waals surface area contributed by atoms with Gasteiger partial charge in [0.05, 0.1) is 7.11 Å². The van der Waals surface area contributed by atoms with E-state index in [0.717, 1.165) is 5.56 Å². The molecule has 88 valence electrons. The molecule has 0 spiro atoms. The Kier molecular flexibility index (Phi) is 3.88. The highest BCUT2D eigenvalue weighted by Gasteiger charge is 2.35. The van der Waals surface area contributed by atoms with Gasteiger partial charge in [0.1, 0.15) is 5.75 Å². The zero-order valence-corrected chi connectivity index (χ0v) is 9.90. The molecular weight excluding hydrogens is 206 g/mol. The molecular formula is C12H17NO3. The topological polar surface area (TPSA) is 52.4 Å². The highest BCUT2D eigenvalue weighted by molar-refractivity contribution is 5.34. The van der Waals surface area contributed by atoms with Crippen LogP contribution in [0.15, 0.2) is 24.3 Å². The van der Waals surface area contributed by atoms with Crippen LogP contribution in [0.2, 0.25) is 0 Å². The minimum atomic E-state index is -0.922. The second-order valence-electron chi connectivity index (χ2n) is 4.10. The van der Waals surface area contributed by atoms with Gasteiger partial charge >= 0.3 is 0 Å². The van der Waals surface area contributed by atoms with Gasteiger partial charge in [-0.3, -0.25) is 10.1 Å². The van der Waals surface area contributed by atoms with E-state index in [1.165, 1.54) is 0 Å². The summed E-state index contributed by atoms with van der Waals surface area (Å²) in [5, 5.41) is 11.0. The first-order valence-corrected chi connectivity index (χ1v) is 5.30. The van der Waals surface area contributed by atoms with Crippen LogP contribution in [0, 0.1) is 10.1 Å². The summed E-state index contributed by atoms with van der Waals surface area (Å²) in [5.74, 6) is 0.712. The first-order chi connectivity index (χ1) is 7.53. The van der Waals surface area contributed by atoms with Gasteiger partial charge in [-0.25, -0.2) is 0 Å². The molecule has 1 atom stereocenters. The van der Waals surface area contributed by atoms with Crippen LogP contribution in [-0.2, 0) is 6.42 Å². The van der Waals surface area contributed by atoms with E-state index in [9.17, 15) is 10.1 Å². The van der Waals surface area contributed by atoms with Crippen LogP contribution in [0.3, 0.4) is 0 Å². The van der Waals surface area contributed by atoms with E-state index in [-0.39, 0.29) is 4.92 Å². The summed E-state index contributed by atoms with van der Waals surface area (Å²) in [6, 6.07) is 7.42. The molecule has 0 saturated heterocycles. The number of benzene rings is 1. The zero-order chi connectivity index (χ0) is 12.2. The molecule has 1 unspecified atom stereocenters. The Morgan fingerprint density at radius 2 is 2.06 bits per heavy atom. The number of nitro groups is 1. The van der Waals surface area contributed by atoms with E-state index in [1.54, 1.807) is 14.0 Å². The summed E-state index contributed by atoms with van der Waals surface area (Å²) in [6.45, 7) is 3.50. The Morgan fingerprint density at radius 1 is 1.44 bits per heavy atom. The molecule has 0 heterocycles. The Bertz CT molecular complexity index is 378. The number of rotatable bonds is 5. The van der Waals surface area contributed by atoms with Gasteiger partial charge < -0.3 is 4.74 Å². The summed E-state index contributed by atoms with van der Waals surface area (Å²) in [7, 11) is 1.58. The van der Waals surface area contributed by atoms with Crippen molar-refractivity contribution >= 4 is 0 Å². The van der Waals surface area contributed by atoms with Gasteiger partial charge in [0, 0.05) is 30.3 Å². The zero-order valence-electron chi connectivity index (χ0n) is 9.90. The third-order valence-corrected chi connectivity index (χ3v) is 2.97. The maximum Gasteiger partial charge on any atom is 0.223 e. The van der Waals surface area contributed by atoms with Crippen LogP contribution in [0.5, 0.6) is 5.75 Å². The lowest BCUT2D eigenvalue weighted by atomic mass is 9.90. The van der Waals surface area contributed by atoms with Crippen LogP contribution in [0.4, 0.5) is 0 Å². The molecule has 4 nitrogen and oxygen atoms in total. The average Bonchev–Trinajstić information content (AvgIpc) is 2.29. The molecule has 0 aliphatic heterocycles. The molecule has 0 saturated carbocycles. The summed E-state index contributed by atoms with van der Waals surface area (Å²) in [4.78, 5) is 10.8. The molecule has 0 aromatic heterocycles. The maximum atomic E-state index is 11.0. The third kappa shape index (κ3) is 2.51. The lowest BCUT2D eigenvalue weighted by Gasteiger charge is -2.20. The van der Waals surface area contributed by atoms with Crippen molar-refractivity contribution in [3.63, 3.8) is 0 Å². The molecule has 0 bridgehead atoms. The van der Waals surface area contributed by atoms with Crippen LogP contribution in [0.1, 0.15) is 25.8 Å². The largest absolute Gasteiger partial charge is 0.496 e. The fourth-order valence-electron chi connectivity index (χ4n) is 1.58. The molecule has 1 aromatic carbocycles. The SMILES string of the molecule is CCC(C)(Cc1ccccc1OC)[N+](=O)[O-]. The molecule has 4 heteroatoms. The summed E-state index contributed by atoms with van der Waals surface area (Å²) in [6.07, 6.45) is 0.887. The van der Waals surface area contributed by atoms with Gasteiger partial charge in [-0.15, -0.1) is 0 Å². The van der Waals surface area contributed by atoms with E-state index in [1.807, 2.05) is 31.2 Å². The molecule has 0 N–H and O–H groups in total. The van der Waals surface area contributed by atoms with Gasteiger partial charge in [-0.1, -0.05) is 25.1 Å². The van der Waals surface area contributed by atoms with Crippen LogP contribution >= 0.6 is 0 Å². The smallest absolute Gasteiger partial charge is 0.223 e. The van der Waals surface area contributed by atoms with Gasteiger partial charge in [-0.05, 0) is 6.07 Å². The molecule has 0 fully saturated rings. The normalized spacial score (nSPS) is 14.2. The second-order valence-corrected chi connectivity index (χ2v) is 4.10. The van der Waals surface area contributed by atoms with Gasteiger partial charge in [0.2, 0.25) is 5.54 Å². The molecule has 0 aliphatic carbocycles. The number of hydrogen-bond acceptors (Lipinski definition) is 3. The van der Waals surface area contributed by atoms with Crippen molar-refractivity contribution in [2.24, 2.45) is 0 Å². The van der Waals surface area contributed by atoms with Crippen molar-refractivity contribution in [2.45, 2.75) is 32.2 Å². The Labute approximate surface area is 95.4 Å². The molecule has 16 heavy (non-hydrogen) atoms. The molecule has 1 aromatic rings. The van der Waals surface area contributed by atoms with Crippen molar-refractivity contribution in [2.75, 3.05) is 7.11 Å². The summed E-state index contributed by atoms with van der Waals surface area (Å²) < 4.78 is 5.19. The van der Waals surface area contributed by atoms with E-state index in [0.29, 0.717) is 18.6 Å². The Morgan fingerprint density at radius 3 is 2.56 bits per heavy atom. The van der Waals surface area contributed by atoms with E-state index in [2.05, 4.69) is 0 Å². The summed E-state index contributed by atoms with van der Waals surface area (Å²) in [5.41, 5.74) is -0.0414. The minimum Gasteiger partial charge on any atom is -0.496 e. The predicted octanol–water partition coefficient (Wildman–Crippen LogP) is 2.68. The van der Waals surface area contributed by atoms with Crippen LogP contribution in [0.25, 0.3) is 0 Å². The van der Waals surface area contributed by atoms with Crippen LogP contribution < -0.4 is 4.74 Å². The monoisotopic (exact) mass is 223 g/mol. The maximum absolute atomic E-state index is 11.0. The lowest BCUT2D eigenvalue weighted by molar-refractivity contribution is -0.565. The first kappa shape index (κ1) is 12.5. The van der Waals surface area contributed by atoms with E-state index < -0.39 is 5.54 Å². The second kappa shape index (κ2) is 4.96. The van der Waals surface area contributed by atoms with Crippen molar-refractivity contribution in [3.8, 4) is 5.75 Å². The third-order valence-electron chi connectivity index (χ3n) is 2.97. The highest BCUT2D eigenvalue weighted by atomic mass is 16.6. The van der Waals surface area contributed by atoms with E-state index in [4.69, 9.17) is 4.74 Å². The van der Waals surface area contributed by atoms with Crippen molar-refractivity contribution < 1.29 is 9.66 Å². The highest BCUT2D eigenvalue weighted by Crippen LogP contribution is 2.26. The Hall–Kier alpha value is -1.58. The molecule has 0 radical (unpaired) electrons. The van der Waals surface area contributed by atoms with E-state index >= 15 is 0 Å². The standard InChI is InChI=1S/C12H17NO3/c1-4-12(2,13(14)15)9-10-7-5-6-8-11(10)16-3/h5-8H,4,9H2,1-3H3. The fraction of sp³-hybridized carbons (Fsp3) is 0.500.